The summed E-state index contributed by atoms with van der Waals surface area (Å²) in [4.78, 5) is 26.4. The first-order valence-electron chi connectivity index (χ1n) is 8.10. The highest BCUT2D eigenvalue weighted by molar-refractivity contribution is 9.10. The maximum Gasteiger partial charge on any atom is 0.251 e. The lowest BCUT2D eigenvalue weighted by Gasteiger charge is -2.23. The SMILES string of the molecule is O=C(NCC(=O)N(Cc1ccc(F)cc1)C1CC1)c1ccc(Br)cc1. The van der Waals surface area contributed by atoms with E-state index in [1.54, 1.807) is 41.3 Å². The van der Waals surface area contributed by atoms with Gasteiger partial charge in [-0.1, -0.05) is 28.1 Å². The zero-order valence-corrected chi connectivity index (χ0v) is 15.1. The molecule has 0 bridgehead atoms. The summed E-state index contributed by atoms with van der Waals surface area (Å²) in [5.74, 6) is -0.703. The fourth-order valence-corrected chi connectivity index (χ4v) is 2.82. The van der Waals surface area contributed by atoms with Crippen LogP contribution in [0.4, 0.5) is 4.39 Å². The van der Waals surface area contributed by atoms with Crippen molar-refractivity contribution in [2.45, 2.75) is 25.4 Å². The molecule has 0 saturated heterocycles. The Bertz CT molecular complexity index is 758. The van der Waals surface area contributed by atoms with Crippen LogP contribution in [0.5, 0.6) is 0 Å². The van der Waals surface area contributed by atoms with Gasteiger partial charge in [-0.2, -0.15) is 0 Å². The molecular formula is C19H18BrFN2O2. The van der Waals surface area contributed by atoms with Crippen LogP contribution in [0, 0.1) is 5.82 Å². The summed E-state index contributed by atoms with van der Waals surface area (Å²) in [6, 6.07) is 13.3. The zero-order chi connectivity index (χ0) is 17.8. The number of nitrogens with zero attached hydrogens (tertiary/aromatic N) is 1. The number of nitrogens with one attached hydrogen (secondary N) is 1. The molecule has 1 N–H and O–H groups in total. The number of benzene rings is 2. The normalized spacial score (nSPS) is 13.4. The van der Waals surface area contributed by atoms with Crippen LogP contribution in [0.25, 0.3) is 0 Å². The first kappa shape index (κ1) is 17.6. The predicted molar refractivity (Wildman–Crippen MR) is 96.4 cm³/mol. The van der Waals surface area contributed by atoms with E-state index in [0.29, 0.717) is 12.1 Å². The quantitative estimate of drug-likeness (QED) is 0.800. The lowest BCUT2D eigenvalue weighted by Crippen LogP contribution is -2.41. The van der Waals surface area contributed by atoms with E-state index in [1.807, 2.05) is 0 Å². The number of rotatable bonds is 6. The second kappa shape index (κ2) is 7.78. The second-order valence-electron chi connectivity index (χ2n) is 6.07. The van der Waals surface area contributed by atoms with Gasteiger partial charge in [0.2, 0.25) is 5.91 Å². The van der Waals surface area contributed by atoms with E-state index in [1.165, 1.54) is 12.1 Å². The number of hydrogen-bond donors (Lipinski definition) is 1. The van der Waals surface area contributed by atoms with E-state index in [0.717, 1.165) is 22.9 Å². The van der Waals surface area contributed by atoms with Gasteiger partial charge in [0, 0.05) is 22.6 Å². The molecule has 1 aliphatic rings. The minimum absolute atomic E-state index is 0.0490. The molecular weight excluding hydrogens is 387 g/mol. The van der Waals surface area contributed by atoms with E-state index in [2.05, 4.69) is 21.2 Å². The summed E-state index contributed by atoms with van der Waals surface area (Å²) in [5.41, 5.74) is 1.38. The van der Waals surface area contributed by atoms with Gasteiger partial charge in [0.1, 0.15) is 5.82 Å². The molecule has 2 aromatic carbocycles. The molecule has 0 unspecified atom stereocenters. The van der Waals surface area contributed by atoms with Crippen molar-refractivity contribution in [2.24, 2.45) is 0 Å². The van der Waals surface area contributed by atoms with Crippen molar-refractivity contribution in [1.29, 1.82) is 0 Å². The summed E-state index contributed by atoms with van der Waals surface area (Å²) in [7, 11) is 0. The van der Waals surface area contributed by atoms with Crippen molar-refractivity contribution in [3.8, 4) is 0 Å². The Morgan fingerprint density at radius 3 is 2.32 bits per heavy atom. The molecule has 3 rings (SSSR count). The smallest absolute Gasteiger partial charge is 0.251 e. The summed E-state index contributed by atoms with van der Waals surface area (Å²) in [5, 5.41) is 2.67. The molecule has 0 spiro atoms. The Morgan fingerprint density at radius 1 is 1.08 bits per heavy atom. The summed E-state index contributed by atoms with van der Waals surface area (Å²) in [6.07, 6.45) is 1.93. The summed E-state index contributed by atoms with van der Waals surface area (Å²) >= 11 is 3.32. The monoisotopic (exact) mass is 404 g/mol. The van der Waals surface area contributed by atoms with Gasteiger partial charge in [-0.05, 0) is 54.8 Å². The highest BCUT2D eigenvalue weighted by Crippen LogP contribution is 2.28. The molecule has 1 saturated carbocycles. The highest BCUT2D eigenvalue weighted by atomic mass is 79.9. The third-order valence-corrected chi connectivity index (χ3v) is 4.61. The van der Waals surface area contributed by atoms with Crippen LogP contribution in [0.2, 0.25) is 0 Å². The molecule has 2 aromatic rings. The van der Waals surface area contributed by atoms with Gasteiger partial charge < -0.3 is 10.2 Å². The Labute approximate surface area is 154 Å². The molecule has 1 fully saturated rings. The fourth-order valence-electron chi connectivity index (χ4n) is 2.55. The fraction of sp³-hybridized carbons (Fsp3) is 0.263. The summed E-state index contributed by atoms with van der Waals surface area (Å²) < 4.78 is 13.9. The van der Waals surface area contributed by atoms with Crippen LogP contribution in [0.1, 0.15) is 28.8 Å². The van der Waals surface area contributed by atoms with Gasteiger partial charge in [-0.15, -0.1) is 0 Å². The lowest BCUT2D eigenvalue weighted by molar-refractivity contribution is -0.131. The first-order valence-corrected chi connectivity index (χ1v) is 8.90. The number of carbonyl (C=O) groups excluding carboxylic acids is 2. The highest BCUT2D eigenvalue weighted by Gasteiger charge is 2.32. The third kappa shape index (κ3) is 4.89. The topological polar surface area (TPSA) is 49.4 Å². The van der Waals surface area contributed by atoms with Crippen LogP contribution in [-0.2, 0) is 11.3 Å². The molecule has 0 aromatic heterocycles. The molecule has 0 atom stereocenters. The number of hydrogen-bond acceptors (Lipinski definition) is 2. The van der Waals surface area contributed by atoms with Crippen molar-refractivity contribution in [3.63, 3.8) is 0 Å². The van der Waals surface area contributed by atoms with Crippen LogP contribution in [0.3, 0.4) is 0 Å². The molecule has 1 aliphatic carbocycles. The van der Waals surface area contributed by atoms with Crippen LogP contribution >= 0.6 is 15.9 Å². The van der Waals surface area contributed by atoms with E-state index in [4.69, 9.17) is 0 Å². The Kier molecular flexibility index (Phi) is 5.48. The van der Waals surface area contributed by atoms with Gasteiger partial charge in [-0.3, -0.25) is 9.59 Å². The van der Waals surface area contributed by atoms with Gasteiger partial charge in [-0.25, -0.2) is 4.39 Å². The second-order valence-corrected chi connectivity index (χ2v) is 6.98. The lowest BCUT2D eigenvalue weighted by atomic mass is 10.2. The predicted octanol–water partition coefficient (Wildman–Crippen LogP) is 3.51. The first-order chi connectivity index (χ1) is 12.0. The maximum absolute atomic E-state index is 13.0. The minimum atomic E-state index is -0.296. The minimum Gasteiger partial charge on any atom is -0.343 e. The van der Waals surface area contributed by atoms with E-state index in [9.17, 15) is 14.0 Å². The standard InChI is InChI=1S/C19H18BrFN2O2/c20-15-5-3-14(4-6-15)19(25)22-11-18(24)23(17-9-10-17)12-13-1-7-16(21)8-2-13/h1-8,17H,9-12H2,(H,22,25). The molecule has 4 nitrogen and oxygen atoms in total. The van der Waals surface area contributed by atoms with Crippen molar-refractivity contribution in [3.05, 3.63) is 69.9 Å². The van der Waals surface area contributed by atoms with Crippen molar-refractivity contribution in [2.75, 3.05) is 6.54 Å². The molecule has 130 valence electrons. The zero-order valence-electron chi connectivity index (χ0n) is 13.5. The van der Waals surface area contributed by atoms with Gasteiger partial charge in [0.15, 0.2) is 0 Å². The molecule has 0 radical (unpaired) electrons. The molecule has 6 heteroatoms. The Hall–Kier alpha value is -2.21. The van der Waals surface area contributed by atoms with Gasteiger partial charge >= 0.3 is 0 Å². The van der Waals surface area contributed by atoms with Crippen LogP contribution in [0.15, 0.2) is 53.0 Å². The number of amides is 2. The Balaban J connectivity index is 1.58. The maximum atomic E-state index is 13.0. The number of carbonyl (C=O) groups is 2. The van der Waals surface area contributed by atoms with Crippen LogP contribution < -0.4 is 5.32 Å². The largest absolute Gasteiger partial charge is 0.343 e. The van der Waals surface area contributed by atoms with Gasteiger partial charge in [0.25, 0.3) is 5.91 Å². The van der Waals surface area contributed by atoms with E-state index >= 15 is 0 Å². The summed E-state index contributed by atoms with van der Waals surface area (Å²) in [6.45, 7) is 0.379. The third-order valence-electron chi connectivity index (χ3n) is 4.08. The van der Waals surface area contributed by atoms with E-state index in [-0.39, 0.29) is 30.2 Å². The molecule has 0 heterocycles. The van der Waals surface area contributed by atoms with E-state index < -0.39 is 0 Å². The Morgan fingerprint density at radius 2 is 1.72 bits per heavy atom. The number of halogens is 2. The van der Waals surface area contributed by atoms with Crippen LogP contribution in [-0.4, -0.2) is 29.3 Å². The van der Waals surface area contributed by atoms with Crippen molar-refractivity contribution in [1.82, 2.24) is 10.2 Å². The van der Waals surface area contributed by atoms with Crippen molar-refractivity contribution < 1.29 is 14.0 Å². The van der Waals surface area contributed by atoms with Gasteiger partial charge in [0.05, 0.1) is 6.54 Å². The molecule has 25 heavy (non-hydrogen) atoms. The van der Waals surface area contributed by atoms with Crippen molar-refractivity contribution >= 4 is 27.7 Å². The average Bonchev–Trinajstić information content (AvgIpc) is 3.44. The average molecular weight is 405 g/mol. The molecule has 0 aliphatic heterocycles. The molecule has 2 amide bonds.